The third-order valence-electron chi connectivity index (χ3n) is 5.55. The molecule has 0 spiro atoms. The average molecular weight is 397 g/mol. The molecule has 3 amide bonds. The number of aromatic nitrogens is 1. The number of para-hydroxylation sites is 1. The number of rotatable bonds is 4. The fourth-order valence-electron chi connectivity index (χ4n) is 3.93. The van der Waals surface area contributed by atoms with Crippen LogP contribution in [0.3, 0.4) is 0 Å². The van der Waals surface area contributed by atoms with Crippen LogP contribution in [-0.4, -0.2) is 35.5 Å². The Morgan fingerprint density at radius 2 is 1.86 bits per heavy atom. The lowest BCUT2D eigenvalue weighted by atomic mass is 9.86. The quantitative estimate of drug-likeness (QED) is 0.771. The number of benzene rings is 1. The van der Waals surface area contributed by atoms with Crippen molar-refractivity contribution in [3.63, 3.8) is 0 Å². The number of pyridine rings is 1. The number of urea groups is 1. The van der Waals surface area contributed by atoms with Crippen molar-refractivity contribution in [2.24, 2.45) is 5.92 Å². The number of esters is 1. The van der Waals surface area contributed by atoms with Gasteiger partial charge in [-0.3, -0.25) is 15.1 Å². The number of aryl methyl sites for hydroxylation is 2. The SMILES string of the molecule is Cc1nc2ccccc2c(C)c1C(=O)OCC(=O)NC(=O)N[C@H]1CCCC[C@H]1C. The van der Waals surface area contributed by atoms with E-state index in [2.05, 4.69) is 22.5 Å². The van der Waals surface area contributed by atoms with Gasteiger partial charge in [-0.2, -0.15) is 0 Å². The van der Waals surface area contributed by atoms with Crippen molar-refractivity contribution < 1.29 is 19.1 Å². The summed E-state index contributed by atoms with van der Waals surface area (Å²) in [5.41, 5.74) is 2.43. The number of carbonyl (C=O) groups excluding carboxylic acids is 3. The zero-order valence-corrected chi connectivity index (χ0v) is 17.1. The zero-order valence-electron chi connectivity index (χ0n) is 17.1. The summed E-state index contributed by atoms with van der Waals surface area (Å²) in [6, 6.07) is 7.04. The third kappa shape index (κ3) is 4.91. The molecule has 1 aromatic carbocycles. The molecule has 154 valence electrons. The van der Waals surface area contributed by atoms with Gasteiger partial charge in [0.05, 0.1) is 16.8 Å². The molecule has 0 unspecified atom stereocenters. The van der Waals surface area contributed by atoms with Crippen LogP contribution in [0.25, 0.3) is 10.9 Å². The molecular weight excluding hydrogens is 370 g/mol. The van der Waals surface area contributed by atoms with Crippen LogP contribution in [0, 0.1) is 19.8 Å². The van der Waals surface area contributed by atoms with E-state index in [4.69, 9.17) is 4.74 Å². The molecule has 1 heterocycles. The van der Waals surface area contributed by atoms with Gasteiger partial charge in [-0.05, 0) is 44.2 Å². The predicted octanol–water partition coefficient (Wildman–Crippen LogP) is 3.41. The Morgan fingerprint density at radius 3 is 2.62 bits per heavy atom. The fourth-order valence-corrected chi connectivity index (χ4v) is 3.93. The molecule has 0 aliphatic heterocycles. The predicted molar refractivity (Wildman–Crippen MR) is 110 cm³/mol. The third-order valence-corrected chi connectivity index (χ3v) is 5.55. The molecule has 3 rings (SSSR count). The van der Waals surface area contributed by atoms with Crippen LogP contribution in [0.1, 0.15) is 54.2 Å². The highest BCUT2D eigenvalue weighted by atomic mass is 16.5. The van der Waals surface area contributed by atoms with E-state index in [9.17, 15) is 14.4 Å². The first-order valence-electron chi connectivity index (χ1n) is 10.00. The Morgan fingerprint density at radius 1 is 1.14 bits per heavy atom. The van der Waals surface area contributed by atoms with Crippen LogP contribution >= 0.6 is 0 Å². The summed E-state index contributed by atoms with van der Waals surface area (Å²) in [5, 5.41) is 5.92. The molecule has 2 N–H and O–H groups in total. The van der Waals surface area contributed by atoms with Crippen LogP contribution < -0.4 is 10.6 Å². The normalized spacial score (nSPS) is 18.9. The summed E-state index contributed by atoms with van der Waals surface area (Å²) in [4.78, 5) is 41.0. The lowest BCUT2D eigenvalue weighted by Crippen LogP contribution is -2.48. The zero-order chi connectivity index (χ0) is 21.0. The lowest BCUT2D eigenvalue weighted by Gasteiger charge is -2.29. The highest BCUT2D eigenvalue weighted by Gasteiger charge is 2.24. The van der Waals surface area contributed by atoms with Gasteiger partial charge in [0, 0.05) is 11.4 Å². The van der Waals surface area contributed by atoms with Crippen molar-refractivity contribution >= 4 is 28.8 Å². The van der Waals surface area contributed by atoms with E-state index in [0.717, 1.165) is 42.1 Å². The average Bonchev–Trinajstić information content (AvgIpc) is 2.68. The monoisotopic (exact) mass is 397 g/mol. The van der Waals surface area contributed by atoms with Crippen molar-refractivity contribution in [1.29, 1.82) is 0 Å². The minimum atomic E-state index is -0.664. The van der Waals surface area contributed by atoms with Crippen LogP contribution in [0.4, 0.5) is 4.79 Å². The molecule has 1 aliphatic rings. The second kappa shape index (κ2) is 9.03. The number of hydrogen-bond donors (Lipinski definition) is 2. The molecule has 1 aliphatic carbocycles. The molecule has 2 atom stereocenters. The molecular formula is C22H27N3O4. The van der Waals surface area contributed by atoms with Crippen LogP contribution in [0.5, 0.6) is 0 Å². The van der Waals surface area contributed by atoms with Crippen LogP contribution in [0.2, 0.25) is 0 Å². The standard InChI is InChI=1S/C22H27N3O4/c1-13-8-4-6-10-17(13)24-22(28)25-19(26)12-29-21(27)20-14(2)16-9-5-7-11-18(16)23-15(20)3/h5,7,9,11,13,17H,4,6,8,10,12H2,1-3H3,(H2,24,25,26,28)/t13-,17+/m1/s1. The number of hydrogen-bond acceptors (Lipinski definition) is 5. The molecule has 1 saturated carbocycles. The summed E-state index contributed by atoms with van der Waals surface area (Å²) in [7, 11) is 0. The number of carbonyl (C=O) groups is 3. The van der Waals surface area contributed by atoms with Crippen molar-refractivity contribution in [2.75, 3.05) is 6.61 Å². The second-order valence-electron chi connectivity index (χ2n) is 7.68. The van der Waals surface area contributed by atoms with Crippen LogP contribution in [0.15, 0.2) is 24.3 Å². The minimum absolute atomic E-state index is 0.0630. The van der Waals surface area contributed by atoms with Crippen molar-refractivity contribution in [2.45, 2.75) is 52.5 Å². The molecule has 2 aromatic rings. The Labute approximate surface area is 170 Å². The maximum Gasteiger partial charge on any atom is 0.340 e. The molecule has 29 heavy (non-hydrogen) atoms. The van der Waals surface area contributed by atoms with E-state index in [1.807, 2.05) is 31.2 Å². The summed E-state index contributed by atoms with van der Waals surface area (Å²) < 4.78 is 5.14. The maximum absolute atomic E-state index is 12.5. The largest absolute Gasteiger partial charge is 0.452 e. The molecule has 7 nitrogen and oxygen atoms in total. The number of nitrogens with zero attached hydrogens (tertiary/aromatic N) is 1. The Hall–Kier alpha value is -2.96. The molecule has 0 radical (unpaired) electrons. The first-order valence-corrected chi connectivity index (χ1v) is 10.00. The van der Waals surface area contributed by atoms with Crippen molar-refractivity contribution in [1.82, 2.24) is 15.6 Å². The van der Waals surface area contributed by atoms with Gasteiger partial charge in [0.2, 0.25) is 0 Å². The van der Waals surface area contributed by atoms with E-state index in [0.29, 0.717) is 17.2 Å². The summed E-state index contributed by atoms with van der Waals surface area (Å²) in [6.07, 6.45) is 4.21. The van der Waals surface area contributed by atoms with Crippen molar-refractivity contribution in [3.8, 4) is 0 Å². The number of amides is 3. The highest BCUT2D eigenvalue weighted by molar-refractivity contribution is 6.00. The van der Waals surface area contributed by atoms with E-state index in [-0.39, 0.29) is 6.04 Å². The summed E-state index contributed by atoms with van der Waals surface area (Å²) in [5.74, 6) is -0.910. The van der Waals surface area contributed by atoms with E-state index < -0.39 is 24.5 Å². The lowest BCUT2D eigenvalue weighted by molar-refractivity contribution is -0.123. The van der Waals surface area contributed by atoms with Gasteiger partial charge in [0.25, 0.3) is 5.91 Å². The van der Waals surface area contributed by atoms with Crippen molar-refractivity contribution in [3.05, 3.63) is 41.1 Å². The first-order chi connectivity index (χ1) is 13.9. The topological polar surface area (TPSA) is 97.4 Å². The van der Waals surface area contributed by atoms with E-state index in [1.165, 1.54) is 0 Å². The first kappa shape index (κ1) is 20.8. The van der Waals surface area contributed by atoms with Gasteiger partial charge in [0.15, 0.2) is 6.61 Å². The van der Waals surface area contributed by atoms with Gasteiger partial charge < -0.3 is 10.1 Å². The summed E-state index contributed by atoms with van der Waals surface area (Å²) in [6.45, 7) is 5.12. The number of imide groups is 1. The Kier molecular flexibility index (Phi) is 6.46. The molecule has 1 fully saturated rings. The maximum atomic E-state index is 12.5. The molecule has 0 saturated heterocycles. The number of nitrogens with one attached hydrogen (secondary N) is 2. The highest BCUT2D eigenvalue weighted by Crippen LogP contribution is 2.24. The van der Waals surface area contributed by atoms with Crippen LogP contribution in [-0.2, 0) is 9.53 Å². The minimum Gasteiger partial charge on any atom is -0.452 e. The van der Waals surface area contributed by atoms with Gasteiger partial charge in [-0.25, -0.2) is 9.59 Å². The molecule has 1 aromatic heterocycles. The molecule has 7 heteroatoms. The van der Waals surface area contributed by atoms with Gasteiger partial charge >= 0.3 is 12.0 Å². The number of ether oxygens (including phenoxy) is 1. The summed E-state index contributed by atoms with van der Waals surface area (Å²) >= 11 is 0. The van der Waals surface area contributed by atoms with E-state index >= 15 is 0 Å². The van der Waals surface area contributed by atoms with Gasteiger partial charge in [0.1, 0.15) is 0 Å². The van der Waals surface area contributed by atoms with Gasteiger partial charge in [-0.15, -0.1) is 0 Å². The smallest absolute Gasteiger partial charge is 0.340 e. The van der Waals surface area contributed by atoms with E-state index in [1.54, 1.807) is 6.92 Å². The fraction of sp³-hybridized carbons (Fsp3) is 0.455. The molecule has 0 bridgehead atoms. The van der Waals surface area contributed by atoms with Gasteiger partial charge in [-0.1, -0.05) is 38.0 Å². The second-order valence-corrected chi connectivity index (χ2v) is 7.68. The Bertz CT molecular complexity index is 941. The number of fused-ring (bicyclic) bond motifs is 1. The Balaban J connectivity index is 1.57.